The fourth-order valence-corrected chi connectivity index (χ4v) is 2.28. The molecule has 0 bridgehead atoms. The van der Waals surface area contributed by atoms with Crippen molar-refractivity contribution in [2.45, 2.75) is 0 Å². The van der Waals surface area contributed by atoms with Gasteiger partial charge in [0.2, 0.25) is 0 Å². The first-order valence-corrected chi connectivity index (χ1v) is 7.19. The van der Waals surface area contributed by atoms with Crippen LogP contribution in [-0.2, 0) is 4.74 Å². The van der Waals surface area contributed by atoms with Gasteiger partial charge in [-0.3, -0.25) is 4.79 Å². The maximum Gasteiger partial charge on any atom is 0.338 e. The van der Waals surface area contributed by atoms with Crippen molar-refractivity contribution < 1.29 is 23.1 Å². The number of ether oxygens (including phenoxy) is 1. The lowest BCUT2D eigenvalue weighted by atomic mass is 10.1. The van der Waals surface area contributed by atoms with Gasteiger partial charge in [-0.25, -0.2) is 13.6 Å². The summed E-state index contributed by atoms with van der Waals surface area (Å²) in [4.78, 5) is 23.9. The molecule has 0 amide bonds. The zero-order valence-corrected chi connectivity index (χ0v) is 12.5. The first-order valence-electron chi connectivity index (χ1n) is 7.19. The molecule has 0 fully saturated rings. The fraction of sp³-hybridized carbons (Fsp3) is 0.0526. The van der Waals surface area contributed by atoms with Crippen molar-refractivity contribution in [2.75, 3.05) is 6.61 Å². The van der Waals surface area contributed by atoms with Crippen molar-refractivity contribution in [3.05, 3.63) is 83.4 Å². The van der Waals surface area contributed by atoms with Crippen LogP contribution in [0.4, 0.5) is 8.78 Å². The molecule has 0 saturated carbocycles. The molecule has 3 rings (SSSR count). The summed E-state index contributed by atoms with van der Waals surface area (Å²) in [5.74, 6) is -3.43. The predicted octanol–water partition coefficient (Wildman–Crippen LogP) is 4.16. The SMILES string of the molecule is O=C(COC(=O)c1ccc2ccccc2c1)c1ccc(F)c(F)c1. The normalized spacial score (nSPS) is 10.6. The maximum absolute atomic E-state index is 13.1. The van der Waals surface area contributed by atoms with Crippen LogP contribution in [0.3, 0.4) is 0 Å². The van der Waals surface area contributed by atoms with Gasteiger partial charge in [0.15, 0.2) is 24.0 Å². The van der Waals surface area contributed by atoms with Crippen LogP contribution in [0.2, 0.25) is 0 Å². The van der Waals surface area contributed by atoms with Gasteiger partial charge in [-0.1, -0.05) is 30.3 Å². The molecular formula is C19H12F2O3. The van der Waals surface area contributed by atoms with Crippen molar-refractivity contribution in [3.63, 3.8) is 0 Å². The summed E-state index contributed by atoms with van der Waals surface area (Å²) in [6.07, 6.45) is 0. The van der Waals surface area contributed by atoms with Gasteiger partial charge in [-0.2, -0.15) is 0 Å². The monoisotopic (exact) mass is 326 g/mol. The number of hydrogen-bond donors (Lipinski definition) is 0. The Hall–Kier alpha value is -3.08. The van der Waals surface area contributed by atoms with E-state index in [1.807, 2.05) is 24.3 Å². The molecule has 0 atom stereocenters. The highest BCUT2D eigenvalue weighted by Crippen LogP contribution is 2.16. The molecule has 0 aliphatic heterocycles. The number of benzene rings is 3. The first-order chi connectivity index (χ1) is 11.5. The third kappa shape index (κ3) is 3.30. The topological polar surface area (TPSA) is 43.4 Å². The minimum absolute atomic E-state index is 0.0554. The van der Waals surface area contributed by atoms with Gasteiger partial charge in [0.25, 0.3) is 0 Å². The number of esters is 1. The van der Waals surface area contributed by atoms with Crippen LogP contribution in [0.25, 0.3) is 10.8 Å². The number of carbonyl (C=O) groups is 2. The van der Waals surface area contributed by atoms with E-state index in [2.05, 4.69) is 0 Å². The van der Waals surface area contributed by atoms with Crippen molar-refractivity contribution >= 4 is 22.5 Å². The quantitative estimate of drug-likeness (QED) is 0.534. The number of rotatable bonds is 4. The molecule has 0 unspecified atom stereocenters. The van der Waals surface area contributed by atoms with Crippen molar-refractivity contribution in [1.29, 1.82) is 0 Å². The van der Waals surface area contributed by atoms with Crippen LogP contribution in [0.1, 0.15) is 20.7 Å². The highest BCUT2D eigenvalue weighted by atomic mass is 19.2. The standard InChI is InChI=1S/C19H12F2O3/c20-16-8-7-14(10-17(16)21)18(22)11-24-19(23)15-6-5-12-3-1-2-4-13(12)9-15/h1-10H,11H2. The average molecular weight is 326 g/mol. The van der Waals surface area contributed by atoms with Gasteiger partial charge in [-0.15, -0.1) is 0 Å². The van der Waals surface area contributed by atoms with Gasteiger partial charge in [-0.05, 0) is 41.1 Å². The Balaban J connectivity index is 1.69. The Labute approximate surface area is 136 Å². The van der Waals surface area contributed by atoms with E-state index in [0.29, 0.717) is 5.56 Å². The van der Waals surface area contributed by atoms with Crippen molar-refractivity contribution in [1.82, 2.24) is 0 Å². The van der Waals surface area contributed by atoms with Crippen LogP contribution >= 0.6 is 0 Å². The summed E-state index contributed by atoms with van der Waals surface area (Å²) in [7, 11) is 0. The highest BCUT2D eigenvalue weighted by Gasteiger charge is 2.14. The van der Waals surface area contributed by atoms with Gasteiger partial charge in [0.1, 0.15) is 0 Å². The third-order valence-corrected chi connectivity index (χ3v) is 3.56. The molecule has 3 aromatic carbocycles. The molecule has 0 N–H and O–H groups in total. The number of halogens is 2. The molecule has 3 nitrogen and oxygen atoms in total. The van der Waals surface area contributed by atoms with Crippen molar-refractivity contribution in [2.24, 2.45) is 0 Å². The molecule has 0 radical (unpaired) electrons. The van der Waals surface area contributed by atoms with Crippen LogP contribution in [0.5, 0.6) is 0 Å². The summed E-state index contributed by atoms with van der Waals surface area (Å²) >= 11 is 0. The Morgan fingerprint density at radius 3 is 2.25 bits per heavy atom. The maximum atomic E-state index is 13.1. The van der Waals surface area contributed by atoms with E-state index in [9.17, 15) is 18.4 Å². The highest BCUT2D eigenvalue weighted by molar-refractivity contribution is 6.00. The zero-order chi connectivity index (χ0) is 17.1. The average Bonchev–Trinajstić information content (AvgIpc) is 2.61. The molecule has 5 heteroatoms. The molecule has 0 aromatic heterocycles. The van der Waals surface area contributed by atoms with E-state index in [0.717, 1.165) is 29.0 Å². The van der Waals surface area contributed by atoms with E-state index < -0.39 is 30.0 Å². The Morgan fingerprint density at radius 2 is 1.50 bits per heavy atom. The van der Waals surface area contributed by atoms with E-state index >= 15 is 0 Å². The smallest absolute Gasteiger partial charge is 0.338 e. The van der Waals surface area contributed by atoms with Crippen LogP contribution < -0.4 is 0 Å². The predicted molar refractivity (Wildman–Crippen MR) is 84.9 cm³/mol. The van der Waals surface area contributed by atoms with E-state index in [-0.39, 0.29) is 5.56 Å². The molecule has 24 heavy (non-hydrogen) atoms. The molecule has 0 spiro atoms. The molecule has 0 aliphatic carbocycles. The Morgan fingerprint density at radius 1 is 0.792 bits per heavy atom. The lowest BCUT2D eigenvalue weighted by Crippen LogP contribution is -2.14. The summed E-state index contributed by atoms with van der Waals surface area (Å²) in [5.41, 5.74) is 0.256. The lowest BCUT2D eigenvalue weighted by Gasteiger charge is -2.06. The molecular weight excluding hydrogens is 314 g/mol. The zero-order valence-electron chi connectivity index (χ0n) is 12.5. The van der Waals surface area contributed by atoms with E-state index in [4.69, 9.17) is 4.74 Å². The second kappa shape index (κ2) is 6.58. The molecule has 0 saturated heterocycles. The summed E-state index contributed by atoms with van der Waals surface area (Å²) in [6.45, 7) is -0.545. The van der Waals surface area contributed by atoms with E-state index in [1.54, 1.807) is 18.2 Å². The number of hydrogen-bond acceptors (Lipinski definition) is 3. The first kappa shape index (κ1) is 15.8. The fourth-order valence-electron chi connectivity index (χ4n) is 2.28. The minimum atomic E-state index is -1.12. The Bertz CT molecular complexity index is 935. The van der Waals surface area contributed by atoms with Crippen LogP contribution in [-0.4, -0.2) is 18.4 Å². The molecule has 3 aromatic rings. The lowest BCUT2D eigenvalue weighted by molar-refractivity contribution is 0.0475. The Kier molecular flexibility index (Phi) is 4.33. The number of ketones is 1. The van der Waals surface area contributed by atoms with Gasteiger partial charge >= 0.3 is 5.97 Å². The number of carbonyl (C=O) groups excluding carboxylic acids is 2. The third-order valence-electron chi connectivity index (χ3n) is 3.56. The second-order valence-corrected chi connectivity index (χ2v) is 5.19. The largest absolute Gasteiger partial charge is 0.454 e. The summed E-state index contributed by atoms with van der Waals surface area (Å²) in [5, 5.41) is 1.85. The summed E-state index contributed by atoms with van der Waals surface area (Å²) in [6, 6.07) is 15.3. The minimum Gasteiger partial charge on any atom is -0.454 e. The molecule has 0 aliphatic rings. The van der Waals surface area contributed by atoms with Crippen LogP contribution in [0, 0.1) is 11.6 Å². The van der Waals surface area contributed by atoms with Crippen LogP contribution in [0.15, 0.2) is 60.7 Å². The molecule has 0 heterocycles. The van der Waals surface area contributed by atoms with Gasteiger partial charge < -0.3 is 4.74 Å². The van der Waals surface area contributed by atoms with Crippen molar-refractivity contribution in [3.8, 4) is 0 Å². The second-order valence-electron chi connectivity index (χ2n) is 5.19. The van der Waals surface area contributed by atoms with Gasteiger partial charge in [0, 0.05) is 5.56 Å². The summed E-state index contributed by atoms with van der Waals surface area (Å²) < 4.78 is 30.9. The number of Topliss-reactive ketones (excluding diaryl/α,β-unsaturated/α-hetero) is 1. The molecule has 120 valence electrons. The van der Waals surface area contributed by atoms with Gasteiger partial charge in [0.05, 0.1) is 5.56 Å². The van der Waals surface area contributed by atoms with E-state index in [1.165, 1.54) is 0 Å². The number of fused-ring (bicyclic) bond motifs is 1.